The van der Waals surface area contributed by atoms with Gasteiger partial charge in [0.05, 0.1) is 6.26 Å². The summed E-state index contributed by atoms with van der Waals surface area (Å²) in [5.74, 6) is 1.32. The molecular weight excluding hydrogens is 232 g/mol. The molecule has 1 aliphatic rings. The van der Waals surface area contributed by atoms with E-state index >= 15 is 0 Å². The zero-order valence-electron chi connectivity index (χ0n) is 10.6. The van der Waals surface area contributed by atoms with E-state index in [1.807, 2.05) is 25.1 Å². The lowest BCUT2D eigenvalue weighted by atomic mass is 10.1. The quantitative estimate of drug-likeness (QED) is 0.607. The minimum absolute atomic E-state index is 0.222. The Kier molecular flexibility index (Phi) is 3.87. The number of esters is 1. The van der Waals surface area contributed by atoms with E-state index in [1.165, 1.54) is 6.26 Å². The maximum atomic E-state index is 11.0. The van der Waals surface area contributed by atoms with Crippen LogP contribution in [0.4, 0.5) is 0 Å². The molecule has 0 aliphatic carbocycles. The van der Waals surface area contributed by atoms with Crippen LogP contribution in [0.25, 0.3) is 0 Å². The molecule has 0 unspecified atom stereocenters. The zero-order valence-corrected chi connectivity index (χ0v) is 10.6. The summed E-state index contributed by atoms with van der Waals surface area (Å²) in [5.41, 5.74) is 2.08. The largest absolute Gasteiger partial charge is 0.454 e. The molecule has 1 heterocycles. The van der Waals surface area contributed by atoms with E-state index in [4.69, 9.17) is 14.2 Å². The molecule has 0 spiro atoms. The van der Waals surface area contributed by atoms with Crippen LogP contribution < -0.4 is 9.47 Å². The molecule has 0 saturated heterocycles. The van der Waals surface area contributed by atoms with Gasteiger partial charge >= 0.3 is 5.97 Å². The third kappa shape index (κ3) is 3.03. The fourth-order valence-corrected chi connectivity index (χ4v) is 1.66. The molecule has 4 heteroatoms. The first kappa shape index (κ1) is 12.5. The van der Waals surface area contributed by atoms with E-state index in [9.17, 15) is 4.79 Å². The lowest BCUT2D eigenvalue weighted by Crippen LogP contribution is -1.97. The molecule has 18 heavy (non-hydrogen) atoms. The number of rotatable bonds is 4. The molecule has 1 aromatic rings. The Balaban J connectivity index is 1.99. The van der Waals surface area contributed by atoms with Crippen LogP contribution in [0, 0.1) is 0 Å². The minimum Gasteiger partial charge on any atom is -0.454 e. The van der Waals surface area contributed by atoms with Crippen LogP contribution in [-0.4, -0.2) is 12.8 Å². The Labute approximate surface area is 106 Å². The average molecular weight is 248 g/mol. The van der Waals surface area contributed by atoms with E-state index in [1.54, 1.807) is 6.92 Å². The third-order valence-corrected chi connectivity index (χ3v) is 2.60. The lowest BCUT2D eigenvalue weighted by Gasteiger charge is -2.04. The number of allylic oxidation sites excluding steroid dienone is 1. The van der Waals surface area contributed by atoms with Crippen molar-refractivity contribution in [2.75, 3.05) is 6.79 Å². The highest BCUT2D eigenvalue weighted by atomic mass is 16.7. The first-order valence-corrected chi connectivity index (χ1v) is 5.92. The molecular formula is C14H16O4. The molecule has 2 rings (SSSR count). The second-order valence-electron chi connectivity index (χ2n) is 4.17. The van der Waals surface area contributed by atoms with Crippen molar-refractivity contribution in [2.45, 2.75) is 26.7 Å². The molecule has 0 aromatic heterocycles. The SMILES string of the molecule is CCC(=O)OC=C(C)Cc1ccc2c(c1)OCO2. The van der Waals surface area contributed by atoms with E-state index in [2.05, 4.69) is 0 Å². The Hall–Kier alpha value is -1.97. The number of carbonyl (C=O) groups is 1. The number of carbonyl (C=O) groups excluding carboxylic acids is 1. The Morgan fingerprint density at radius 2 is 2.17 bits per heavy atom. The first-order chi connectivity index (χ1) is 8.69. The molecule has 1 aromatic carbocycles. The van der Waals surface area contributed by atoms with Crippen molar-refractivity contribution in [3.63, 3.8) is 0 Å². The second kappa shape index (κ2) is 5.58. The van der Waals surface area contributed by atoms with Crippen LogP contribution in [0.5, 0.6) is 11.5 Å². The molecule has 1 aliphatic heterocycles. The van der Waals surface area contributed by atoms with Crippen molar-refractivity contribution in [1.82, 2.24) is 0 Å². The van der Waals surface area contributed by atoms with Crippen molar-refractivity contribution in [1.29, 1.82) is 0 Å². The van der Waals surface area contributed by atoms with Gasteiger partial charge < -0.3 is 14.2 Å². The van der Waals surface area contributed by atoms with Gasteiger partial charge in [-0.15, -0.1) is 0 Å². The summed E-state index contributed by atoms with van der Waals surface area (Å²) in [6, 6.07) is 5.82. The van der Waals surface area contributed by atoms with Gasteiger partial charge in [0, 0.05) is 6.42 Å². The van der Waals surface area contributed by atoms with Crippen LogP contribution in [0.3, 0.4) is 0 Å². The van der Waals surface area contributed by atoms with Gasteiger partial charge in [-0.2, -0.15) is 0 Å². The molecule has 4 nitrogen and oxygen atoms in total. The number of hydrogen-bond donors (Lipinski definition) is 0. The highest BCUT2D eigenvalue weighted by Gasteiger charge is 2.13. The highest BCUT2D eigenvalue weighted by molar-refractivity contribution is 5.69. The fourth-order valence-electron chi connectivity index (χ4n) is 1.66. The van der Waals surface area contributed by atoms with Crippen LogP contribution in [-0.2, 0) is 16.0 Å². The molecule has 0 amide bonds. The summed E-state index contributed by atoms with van der Waals surface area (Å²) in [6.07, 6.45) is 2.61. The van der Waals surface area contributed by atoms with Crippen molar-refractivity contribution in [2.24, 2.45) is 0 Å². The number of ether oxygens (including phenoxy) is 3. The molecule has 0 bridgehead atoms. The summed E-state index contributed by atoms with van der Waals surface area (Å²) in [5, 5.41) is 0. The third-order valence-electron chi connectivity index (χ3n) is 2.60. The molecule has 96 valence electrons. The van der Waals surface area contributed by atoms with Crippen LogP contribution in [0.2, 0.25) is 0 Å². The standard InChI is InChI=1S/C14H16O4/c1-3-14(15)16-8-10(2)6-11-4-5-12-13(7-11)18-9-17-12/h4-5,7-8H,3,6,9H2,1-2H3. The first-order valence-electron chi connectivity index (χ1n) is 5.92. The van der Waals surface area contributed by atoms with Crippen LogP contribution in [0.1, 0.15) is 25.8 Å². The van der Waals surface area contributed by atoms with Crippen molar-refractivity contribution in [3.8, 4) is 11.5 Å². The predicted molar refractivity (Wildman–Crippen MR) is 66.4 cm³/mol. The van der Waals surface area contributed by atoms with E-state index < -0.39 is 0 Å². The van der Waals surface area contributed by atoms with Gasteiger partial charge in [-0.3, -0.25) is 4.79 Å². The monoisotopic (exact) mass is 248 g/mol. The topological polar surface area (TPSA) is 44.8 Å². The van der Waals surface area contributed by atoms with E-state index in [0.717, 1.165) is 22.6 Å². The molecule has 0 saturated carbocycles. The number of hydrogen-bond acceptors (Lipinski definition) is 4. The van der Waals surface area contributed by atoms with Crippen molar-refractivity contribution < 1.29 is 19.0 Å². The molecule has 0 radical (unpaired) electrons. The smallest absolute Gasteiger partial charge is 0.310 e. The number of fused-ring (bicyclic) bond motifs is 1. The maximum absolute atomic E-state index is 11.0. The fraction of sp³-hybridized carbons (Fsp3) is 0.357. The Morgan fingerprint density at radius 1 is 1.39 bits per heavy atom. The number of benzene rings is 1. The maximum Gasteiger partial charge on any atom is 0.310 e. The Morgan fingerprint density at radius 3 is 2.94 bits per heavy atom. The second-order valence-corrected chi connectivity index (χ2v) is 4.17. The van der Waals surface area contributed by atoms with Crippen molar-refractivity contribution >= 4 is 5.97 Å². The van der Waals surface area contributed by atoms with Gasteiger partial charge in [0.1, 0.15) is 0 Å². The van der Waals surface area contributed by atoms with Gasteiger partial charge in [-0.1, -0.05) is 13.0 Å². The minimum atomic E-state index is -0.222. The van der Waals surface area contributed by atoms with Gasteiger partial charge in [0.2, 0.25) is 6.79 Å². The Bertz CT molecular complexity index is 477. The van der Waals surface area contributed by atoms with Gasteiger partial charge in [0.25, 0.3) is 0 Å². The molecule has 0 atom stereocenters. The summed E-state index contributed by atoms with van der Waals surface area (Å²) in [4.78, 5) is 11.0. The molecule has 0 N–H and O–H groups in total. The van der Waals surface area contributed by atoms with Gasteiger partial charge in [0.15, 0.2) is 11.5 Å². The van der Waals surface area contributed by atoms with Gasteiger partial charge in [-0.05, 0) is 36.6 Å². The summed E-state index contributed by atoms with van der Waals surface area (Å²) >= 11 is 0. The van der Waals surface area contributed by atoms with Crippen LogP contribution in [0.15, 0.2) is 30.0 Å². The van der Waals surface area contributed by atoms with Crippen LogP contribution >= 0.6 is 0 Å². The van der Waals surface area contributed by atoms with E-state index in [0.29, 0.717) is 12.8 Å². The summed E-state index contributed by atoms with van der Waals surface area (Å²) in [7, 11) is 0. The lowest BCUT2D eigenvalue weighted by molar-refractivity contribution is -0.137. The molecule has 0 fully saturated rings. The zero-order chi connectivity index (χ0) is 13.0. The van der Waals surface area contributed by atoms with Gasteiger partial charge in [-0.25, -0.2) is 0 Å². The predicted octanol–water partition coefficient (Wildman–Crippen LogP) is 2.81. The summed E-state index contributed by atoms with van der Waals surface area (Å²) < 4.78 is 15.5. The van der Waals surface area contributed by atoms with E-state index in [-0.39, 0.29) is 12.8 Å². The van der Waals surface area contributed by atoms with Crippen molar-refractivity contribution in [3.05, 3.63) is 35.6 Å². The average Bonchev–Trinajstić information content (AvgIpc) is 2.83. The normalized spacial score (nSPS) is 13.6. The highest BCUT2D eigenvalue weighted by Crippen LogP contribution is 2.32. The summed E-state index contributed by atoms with van der Waals surface area (Å²) in [6.45, 7) is 3.97.